The number of rotatable bonds is 2. The van der Waals surface area contributed by atoms with Crippen LogP contribution in [0.5, 0.6) is 0 Å². The molecule has 0 aromatic carbocycles. The largest absolute Gasteiger partial charge is 0.397 e. The number of pyridine rings is 1. The van der Waals surface area contributed by atoms with Gasteiger partial charge < -0.3 is 15.4 Å². The van der Waals surface area contributed by atoms with Gasteiger partial charge in [-0.25, -0.2) is 4.98 Å². The fourth-order valence-electron chi connectivity index (χ4n) is 2.03. The maximum atomic E-state index is 5.64. The van der Waals surface area contributed by atoms with Crippen molar-refractivity contribution in [3.8, 4) is 0 Å². The highest BCUT2D eigenvalue weighted by Gasteiger charge is 2.26. The molecule has 4 heteroatoms. The number of hydrogen-bond acceptors (Lipinski definition) is 4. The topological polar surface area (TPSA) is 51.4 Å². The minimum atomic E-state index is 0.407. The first kappa shape index (κ1) is 11.2. The Labute approximate surface area is 96.4 Å². The first-order valence-electron chi connectivity index (χ1n) is 5.74. The second-order valence-corrected chi connectivity index (χ2v) is 4.53. The van der Waals surface area contributed by atoms with Gasteiger partial charge in [-0.2, -0.15) is 0 Å². The molecule has 1 fully saturated rings. The molecule has 2 rings (SSSR count). The molecule has 4 nitrogen and oxygen atoms in total. The van der Waals surface area contributed by atoms with Crippen LogP contribution in [-0.4, -0.2) is 30.8 Å². The summed E-state index contributed by atoms with van der Waals surface area (Å²) in [5.74, 6) is 1.55. The minimum Gasteiger partial charge on any atom is -0.397 e. The van der Waals surface area contributed by atoms with Crippen molar-refractivity contribution >= 4 is 11.5 Å². The van der Waals surface area contributed by atoms with Gasteiger partial charge in [-0.1, -0.05) is 13.8 Å². The van der Waals surface area contributed by atoms with E-state index in [9.17, 15) is 0 Å². The number of anilines is 2. The first-order chi connectivity index (χ1) is 7.68. The minimum absolute atomic E-state index is 0.407. The molecule has 1 aliphatic heterocycles. The summed E-state index contributed by atoms with van der Waals surface area (Å²) in [5, 5.41) is 0. The standard InChI is InChI=1S/C12H19N3O/c1-9(2)11-8-16-6-5-15(11)12-4-3-10(13)7-14-12/h3-4,7,9,11H,5-6,8,13H2,1-2H3/t11-/m0/s1. The van der Waals surface area contributed by atoms with Gasteiger partial charge in [0.25, 0.3) is 0 Å². The van der Waals surface area contributed by atoms with Crippen LogP contribution in [0, 0.1) is 5.92 Å². The summed E-state index contributed by atoms with van der Waals surface area (Å²) in [6.45, 7) is 6.88. The fraction of sp³-hybridized carbons (Fsp3) is 0.583. The van der Waals surface area contributed by atoms with E-state index in [1.54, 1.807) is 6.20 Å². The van der Waals surface area contributed by atoms with E-state index >= 15 is 0 Å². The van der Waals surface area contributed by atoms with Crippen molar-refractivity contribution in [3.05, 3.63) is 18.3 Å². The Kier molecular flexibility index (Phi) is 3.29. The van der Waals surface area contributed by atoms with Crippen LogP contribution < -0.4 is 10.6 Å². The zero-order valence-electron chi connectivity index (χ0n) is 9.89. The van der Waals surface area contributed by atoms with Crippen LogP contribution in [0.3, 0.4) is 0 Å². The summed E-state index contributed by atoms with van der Waals surface area (Å²) < 4.78 is 5.52. The third-order valence-electron chi connectivity index (χ3n) is 3.00. The van der Waals surface area contributed by atoms with Gasteiger partial charge >= 0.3 is 0 Å². The van der Waals surface area contributed by atoms with E-state index in [2.05, 4.69) is 23.7 Å². The summed E-state index contributed by atoms with van der Waals surface area (Å²) in [6, 6.07) is 4.29. The molecule has 16 heavy (non-hydrogen) atoms. The zero-order valence-corrected chi connectivity index (χ0v) is 9.89. The van der Waals surface area contributed by atoms with Crippen LogP contribution in [0.15, 0.2) is 18.3 Å². The van der Waals surface area contributed by atoms with Crippen molar-refractivity contribution in [2.75, 3.05) is 30.4 Å². The molecule has 1 saturated heterocycles. The molecule has 0 saturated carbocycles. The summed E-state index contributed by atoms with van der Waals surface area (Å²) >= 11 is 0. The Morgan fingerprint density at radius 2 is 2.31 bits per heavy atom. The van der Waals surface area contributed by atoms with Gasteiger partial charge in [0, 0.05) is 6.54 Å². The molecule has 0 aliphatic carbocycles. The molecule has 0 radical (unpaired) electrons. The fourth-order valence-corrected chi connectivity index (χ4v) is 2.03. The van der Waals surface area contributed by atoms with E-state index in [-0.39, 0.29) is 0 Å². The Balaban J connectivity index is 2.19. The van der Waals surface area contributed by atoms with Crippen LogP contribution in [0.25, 0.3) is 0 Å². The van der Waals surface area contributed by atoms with Gasteiger partial charge in [0.2, 0.25) is 0 Å². The summed E-state index contributed by atoms with van der Waals surface area (Å²) in [5.41, 5.74) is 6.35. The van der Waals surface area contributed by atoms with E-state index in [1.807, 2.05) is 12.1 Å². The molecule has 0 bridgehead atoms. The van der Waals surface area contributed by atoms with Crippen molar-refractivity contribution in [2.24, 2.45) is 5.92 Å². The van der Waals surface area contributed by atoms with Crippen molar-refractivity contribution in [1.29, 1.82) is 0 Å². The number of nitrogens with zero attached hydrogens (tertiary/aromatic N) is 2. The Morgan fingerprint density at radius 1 is 1.50 bits per heavy atom. The maximum Gasteiger partial charge on any atom is 0.129 e. The molecule has 88 valence electrons. The summed E-state index contributed by atoms with van der Waals surface area (Å²) in [4.78, 5) is 6.69. The highest BCUT2D eigenvalue weighted by molar-refractivity contribution is 5.46. The lowest BCUT2D eigenvalue weighted by atomic mass is 10.0. The third kappa shape index (κ3) is 2.27. The van der Waals surface area contributed by atoms with Crippen molar-refractivity contribution < 1.29 is 4.74 Å². The zero-order chi connectivity index (χ0) is 11.5. The monoisotopic (exact) mass is 221 g/mol. The number of ether oxygens (including phenoxy) is 1. The molecule has 0 unspecified atom stereocenters. The molecule has 2 heterocycles. The summed E-state index contributed by atoms with van der Waals surface area (Å²) in [6.07, 6.45) is 1.71. The molecule has 0 spiro atoms. The van der Waals surface area contributed by atoms with Gasteiger partial charge in [-0.05, 0) is 18.1 Å². The predicted octanol–water partition coefficient (Wildman–Crippen LogP) is 1.53. The Hall–Kier alpha value is -1.29. The van der Waals surface area contributed by atoms with E-state index in [0.29, 0.717) is 17.6 Å². The second kappa shape index (κ2) is 4.70. The van der Waals surface area contributed by atoms with Crippen LogP contribution in [0.1, 0.15) is 13.8 Å². The normalized spacial score (nSPS) is 21.4. The van der Waals surface area contributed by atoms with E-state index in [0.717, 1.165) is 25.6 Å². The smallest absolute Gasteiger partial charge is 0.129 e. The number of morpholine rings is 1. The SMILES string of the molecule is CC(C)[C@@H]1COCCN1c1ccc(N)cn1. The van der Waals surface area contributed by atoms with E-state index in [4.69, 9.17) is 10.5 Å². The third-order valence-corrected chi connectivity index (χ3v) is 3.00. The van der Waals surface area contributed by atoms with Gasteiger partial charge in [0.05, 0.1) is 31.1 Å². The molecule has 1 atom stereocenters. The average Bonchev–Trinajstić information content (AvgIpc) is 2.30. The van der Waals surface area contributed by atoms with Crippen molar-refractivity contribution in [1.82, 2.24) is 4.98 Å². The van der Waals surface area contributed by atoms with Crippen LogP contribution in [0.2, 0.25) is 0 Å². The van der Waals surface area contributed by atoms with Crippen molar-refractivity contribution in [2.45, 2.75) is 19.9 Å². The molecule has 0 amide bonds. The van der Waals surface area contributed by atoms with Gasteiger partial charge in [-0.3, -0.25) is 0 Å². The predicted molar refractivity (Wildman–Crippen MR) is 65.4 cm³/mol. The van der Waals surface area contributed by atoms with Crippen LogP contribution in [0.4, 0.5) is 11.5 Å². The molecule has 1 aromatic heterocycles. The number of nitrogens with two attached hydrogens (primary N) is 1. The molecule has 1 aliphatic rings. The molecule has 1 aromatic rings. The van der Waals surface area contributed by atoms with Crippen LogP contribution >= 0.6 is 0 Å². The van der Waals surface area contributed by atoms with Gasteiger partial charge in [-0.15, -0.1) is 0 Å². The maximum absolute atomic E-state index is 5.64. The lowest BCUT2D eigenvalue weighted by molar-refractivity contribution is 0.0802. The van der Waals surface area contributed by atoms with E-state index < -0.39 is 0 Å². The van der Waals surface area contributed by atoms with Crippen molar-refractivity contribution in [3.63, 3.8) is 0 Å². The highest BCUT2D eigenvalue weighted by Crippen LogP contribution is 2.22. The lowest BCUT2D eigenvalue weighted by Gasteiger charge is -2.38. The Morgan fingerprint density at radius 3 is 2.94 bits per heavy atom. The number of nitrogen functional groups attached to an aromatic ring is 1. The number of hydrogen-bond donors (Lipinski definition) is 1. The lowest BCUT2D eigenvalue weighted by Crippen LogP contribution is -2.48. The first-order valence-corrected chi connectivity index (χ1v) is 5.74. The van der Waals surface area contributed by atoms with Crippen LogP contribution in [-0.2, 0) is 4.74 Å². The van der Waals surface area contributed by atoms with Gasteiger partial charge in [0.15, 0.2) is 0 Å². The molecular formula is C12H19N3O. The molecular weight excluding hydrogens is 202 g/mol. The number of aromatic nitrogens is 1. The van der Waals surface area contributed by atoms with Gasteiger partial charge in [0.1, 0.15) is 5.82 Å². The highest BCUT2D eigenvalue weighted by atomic mass is 16.5. The summed E-state index contributed by atoms with van der Waals surface area (Å²) in [7, 11) is 0. The quantitative estimate of drug-likeness (QED) is 0.822. The Bertz CT molecular complexity index is 337. The average molecular weight is 221 g/mol. The molecule has 2 N–H and O–H groups in total. The second-order valence-electron chi connectivity index (χ2n) is 4.53. The van der Waals surface area contributed by atoms with E-state index in [1.165, 1.54) is 0 Å².